The Bertz CT molecular complexity index is 254. The molecular formula is C11H22N2O3. The zero-order chi connectivity index (χ0) is 12.9. The van der Waals surface area contributed by atoms with Crippen LogP contribution in [0.4, 0.5) is 0 Å². The van der Waals surface area contributed by atoms with Gasteiger partial charge >= 0.3 is 5.97 Å². The molecule has 0 aliphatic heterocycles. The summed E-state index contributed by atoms with van der Waals surface area (Å²) in [6.45, 7) is 7.19. The summed E-state index contributed by atoms with van der Waals surface area (Å²) < 4.78 is 0. The molecule has 0 fully saturated rings. The van der Waals surface area contributed by atoms with E-state index in [0.29, 0.717) is 12.3 Å². The molecule has 0 aromatic carbocycles. The fourth-order valence-corrected chi connectivity index (χ4v) is 1.29. The normalized spacial score (nSPS) is 16.6. The van der Waals surface area contributed by atoms with Crippen LogP contribution in [-0.4, -0.2) is 29.1 Å². The second kappa shape index (κ2) is 6.48. The number of amides is 1. The number of nitrogens with two attached hydrogens (primary N) is 1. The second-order valence-electron chi connectivity index (χ2n) is 4.66. The third-order valence-corrected chi connectivity index (χ3v) is 2.57. The summed E-state index contributed by atoms with van der Waals surface area (Å²) in [5.41, 5.74) is 5.68. The van der Waals surface area contributed by atoms with Crippen LogP contribution < -0.4 is 11.1 Å². The lowest BCUT2D eigenvalue weighted by Gasteiger charge is -2.21. The zero-order valence-electron chi connectivity index (χ0n) is 10.4. The predicted molar refractivity (Wildman–Crippen MR) is 61.8 cm³/mol. The molecule has 3 atom stereocenters. The average molecular weight is 230 g/mol. The van der Waals surface area contributed by atoms with Gasteiger partial charge in [0.05, 0.1) is 12.0 Å². The van der Waals surface area contributed by atoms with Crippen molar-refractivity contribution in [3.8, 4) is 0 Å². The molecule has 94 valence electrons. The standard InChI is InChI=1S/C11H22N2O3/c1-6(2)5-9(12)10(14)13-8(4)7(3)11(15)16/h6-9H,5,12H2,1-4H3,(H,13,14)(H,15,16)/t7?,8?,9-/m1/s1. The van der Waals surface area contributed by atoms with E-state index in [4.69, 9.17) is 10.8 Å². The monoisotopic (exact) mass is 230 g/mol. The Morgan fingerprint density at radius 1 is 1.25 bits per heavy atom. The highest BCUT2D eigenvalue weighted by Gasteiger charge is 2.23. The van der Waals surface area contributed by atoms with Crippen molar-refractivity contribution in [1.29, 1.82) is 0 Å². The maximum Gasteiger partial charge on any atom is 0.308 e. The molecule has 0 radical (unpaired) electrons. The number of nitrogens with one attached hydrogen (secondary N) is 1. The molecule has 0 heterocycles. The highest BCUT2D eigenvalue weighted by Crippen LogP contribution is 2.05. The van der Waals surface area contributed by atoms with Gasteiger partial charge in [-0.3, -0.25) is 9.59 Å². The Morgan fingerprint density at radius 2 is 1.75 bits per heavy atom. The molecule has 0 aliphatic rings. The van der Waals surface area contributed by atoms with Crippen LogP contribution in [-0.2, 0) is 9.59 Å². The summed E-state index contributed by atoms with van der Waals surface area (Å²) in [7, 11) is 0. The quantitative estimate of drug-likeness (QED) is 0.622. The minimum Gasteiger partial charge on any atom is -0.481 e. The number of carboxylic acid groups (broad SMARTS) is 1. The van der Waals surface area contributed by atoms with Crippen molar-refractivity contribution < 1.29 is 14.7 Å². The number of rotatable bonds is 6. The average Bonchev–Trinajstić information content (AvgIpc) is 2.14. The molecule has 5 nitrogen and oxygen atoms in total. The van der Waals surface area contributed by atoms with E-state index in [1.165, 1.54) is 0 Å². The summed E-state index contributed by atoms with van der Waals surface area (Å²) in [6, 6.07) is -0.980. The largest absolute Gasteiger partial charge is 0.481 e. The molecular weight excluding hydrogens is 208 g/mol. The summed E-state index contributed by atoms with van der Waals surface area (Å²) in [5, 5.41) is 11.4. The molecule has 0 aromatic heterocycles. The van der Waals surface area contributed by atoms with Gasteiger partial charge in [0.15, 0.2) is 0 Å². The first-order chi connectivity index (χ1) is 7.25. The molecule has 0 aliphatic carbocycles. The van der Waals surface area contributed by atoms with E-state index >= 15 is 0 Å². The van der Waals surface area contributed by atoms with E-state index in [1.807, 2.05) is 13.8 Å². The summed E-state index contributed by atoms with van der Waals surface area (Å²) >= 11 is 0. The number of carbonyl (C=O) groups is 2. The molecule has 0 aromatic rings. The van der Waals surface area contributed by atoms with Crippen molar-refractivity contribution in [3.63, 3.8) is 0 Å². The lowest BCUT2D eigenvalue weighted by atomic mass is 10.0. The van der Waals surface area contributed by atoms with Gasteiger partial charge in [-0.05, 0) is 26.2 Å². The van der Waals surface area contributed by atoms with Crippen molar-refractivity contribution >= 4 is 11.9 Å². The topological polar surface area (TPSA) is 92.4 Å². The molecule has 0 bridgehead atoms. The molecule has 0 saturated carbocycles. The summed E-state index contributed by atoms with van der Waals surface area (Å²) in [4.78, 5) is 22.3. The zero-order valence-corrected chi connectivity index (χ0v) is 10.4. The molecule has 5 heteroatoms. The summed E-state index contributed by atoms with van der Waals surface area (Å²) in [6.07, 6.45) is 0.597. The van der Waals surface area contributed by atoms with Crippen LogP contribution in [0.1, 0.15) is 34.1 Å². The van der Waals surface area contributed by atoms with Crippen LogP contribution in [0.5, 0.6) is 0 Å². The van der Waals surface area contributed by atoms with Gasteiger partial charge in [0, 0.05) is 6.04 Å². The first-order valence-electron chi connectivity index (χ1n) is 5.54. The van der Waals surface area contributed by atoms with Gasteiger partial charge in [0.25, 0.3) is 0 Å². The Kier molecular flexibility index (Phi) is 6.03. The molecule has 0 rings (SSSR count). The number of aliphatic carboxylic acids is 1. The maximum atomic E-state index is 11.6. The number of hydrogen-bond donors (Lipinski definition) is 3. The van der Waals surface area contributed by atoms with Gasteiger partial charge in [-0.1, -0.05) is 13.8 Å². The van der Waals surface area contributed by atoms with E-state index in [0.717, 1.165) is 0 Å². The molecule has 0 saturated heterocycles. The van der Waals surface area contributed by atoms with Crippen LogP contribution in [0.15, 0.2) is 0 Å². The number of carboxylic acids is 1. The predicted octanol–water partition coefficient (Wildman–Crippen LogP) is 0.585. The van der Waals surface area contributed by atoms with E-state index < -0.39 is 24.0 Å². The minimum atomic E-state index is -0.926. The van der Waals surface area contributed by atoms with Gasteiger partial charge < -0.3 is 16.2 Å². The fourth-order valence-electron chi connectivity index (χ4n) is 1.29. The van der Waals surface area contributed by atoms with E-state index in [9.17, 15) is 9.59 Å². The van der Waals surface area contributed by atoms with Crippen molar-refractivity contribution in [2.45, 2.75) is 46.2 Å². The third kappa shape index (κ3) is 5.11. The Morgan fingerprint density at radius 3 is 2.12 bits per heavy atom. The Balaban J connectivity index is 4.18. The summed E-state index contributed by atoms with van der Waals surface area (Å²) in [5.74, 6) is -1.48. The highest BCUT2D eigenvalue weighted by atomic mass is 16.4. The van der Waals surface area contributed by atoms with Crippen molar-refractivity contribution in [2.24, 2.45) is 17.6 Å². The molecule has 1 amide bonds. The van der Waals surface area contributed by atoms with Gasteiger partial charge in [0.1, 0.15) is 0 Å². The van der Waals surface area contributed by atoms with Crippen molar-refractivity contribution in [1.82, 2.24) is 5.32 Å². The van der Waals surface area contributed by atoms with E-state index in [-0.39, 0.29) is 5.91 Å². The van der Waals surface area contributed by atoms with Gasteiger partial charge in [-0.15, -0.1) is 0 Å². The smallest absolute Gasteiger partial charge is 0.308 e. The fraction of sp³-hybridized carbons (Fsp3) is 0.818. The molecule has 4 N–H and O–H groups in total. The lowest BCUT2D eigenvalue weighted by Crippen LogP contribution is -2.48. The van der Waals surface area contributed by atoms with Crippen molar-refractivity contribution in [2.75, 3.05) is 0 Å². The Hall–Kier alpha value is -1.10. The Labute approximate surface area is 96.4 Å². The lowest BCUT2D eigenvalue weighted by molar-refractivity contribution is -0.142. The van der Waals surface area contributed by atoms with Gasteiger partial charge in [0.2, 0.25) is 5.91 Å². The van der Waals surface area contributed by atoms with Crippen LogP contribution >= 0.6 is 0 Å². The van der Waals surface area contributed by atoms with Crippen molar-refractivity contribution in [3.05, 3.63) is 0 Å². The van der Waals surface area contributed by atoms with Crippen LogP contribution in [0, 0.1) is 11.8 Å². The molecule has 2 unspecified atom stereocenters. The van der Waals surface area contributed by atoms with Crippen LogP contribution in [0.3, 0.4) is 0 Å². The minimum absolute atomic E-state index is 0.283. The number of carbonyl (C=O) groups excluding carboxylic acids is 1. The second-order valence-corrected chi connectivity index (χ2v) is 4.66. The van der Waals surface area contributed by atoms with Crippen LogP contribution in [0.2, 0.25) is 0 Å². The third-order valence-electron chi connectivity index (χ3n) is 2.57. The first-order valence-corrected chi connectivity index (χ1v) is 5.54. The van der Waals surface area contributed by atoms with Gasteiger partial charge in [-0.2, -0.15) is 0 Å². The van der Waals surface area contributed by atoms with E-state index in [2.05, 4.69) is 5.32 Å². The first kappa shape index (κ1) is 14.9. The molecule has 16 heavy (non-hydrogen) atoms. The van der Waals surface area contributed by atoms with E-state index in [1.54, 1.807) is 13.8 Å². The maximum absolute atomic E-state index is 11.6. The van der Waals surface area contributed by atoms with Gasteiger partial charge in [-0.25, -0.2) is 0 Å². The molecule has 0 spiro atoms. The number of hydrogen-bond acceptors (Lipinski definition) is 3. The SMILES string of the molecule is CC(C)C[C@@H](N)C(=O)NC(C)C(C)C(=O)O. The highest BCUT2D eigenvalue weighted by molar-refractivity contribution is 5.82. The van der Waals surface area contributed by atoms with Crippen LogP contribution in [0.25, 0.3) is 0 Å².